The van der Waals surface area contributed by atoms with Crippen molar-refractivity contribution < 1.29 is 18.1 Å². The first kappa shape index (κ1) is 11.1. The van der Waals surface area contributed by atoms with Gasteiger partial charge in [-0.1, -0.05) is 6.07 Å². The molecule has 2 rings (SSSR count). The zero-order valence-corrected chi connectivity index (χ0v) is 9.05. The summed E-state index contributed by atoms with van der Waals surface area (Å²) in [6.07, 6.45) is 4.63. The first-order chi connectivity index (χ1) is 6.25. The predicted octanol–water partition coefficient (Wildman–Crippen LogP) is -2.55. The van der Waals surface area contributed by atoms with E-state index < -0.39 is 0 Å². The molecule has 3 nitrogen and oxygen atoms in total. The van der Waals surface area contributed by atoms with Crippen molar-refractivity contribution in [3.05, 3.63) is 36.3 Å². The molecule has 0 aliphatic heterocycles. The van der Waals surface area contributed by atoms with E-state index in [4.69, 9.17) is 12.2 Å². The van der Waals surface area contributed by atoms with E-state index in [2.05, 4.69) is 10.7 Å². The Morgan fingerprint density at radius 1 is 1.50 bits per heavy atom. The first-order valence-corrected chi connectivity index (χ1v) is 4.44. The Hall–Kier alpha value is -0.970. The summed E-state index contributed by atoms with van der Waals surface area (Å²) in [4.78, 5) is 5.11. The number of halogens is 1. The zero-order chi connectivity index (χ0) is 9.26. The first-order valence-electron chi connectivity index (χ1n) is 4.03. The van der Waals surface area contributed by atoms with Crippen molar-refractivity contribution in [3.63, 3.8) is 0 Å². The topological polar surface area (TPSA) is 44.9 Å². The van der Waals surface area contributed by atoms with E-state index >= 15 is 0 Å². The van der Waals surface area contributed by atoms with E-state index in [0.29, 0.717) is 6.42 Å². The Morgan fingerprint density at radius 3 is 2.93 bits per heavy atom. The van der Waals surface area contributed by atoms with E-state index in [9.17, 15) is 0 Å². The normalized spacial score (nSPS) is 9.79. The maximum Gasteiger partial charge on any atom is 0.175 e. The van der Waals surface area contributed by atoms with Gasteiger partial charge in [0.15, 0.2) is 4.99 Å². The Bertz CT molecular complexity index is 419. The van der Waals surface area contributed by atoms with Crippen LogP contribution in [0.5, 0.6) is 0 Å². The summed E-state index contributed by atoms with van der Waals surface area (Å²) in [5.41, 5.74) is 5.62. The second-order valence-corrected chi connectivity index (χ2v) is 3.49. The number of hydrogen-bond donors (Lipinski definition) is 1. The predicted molar refractivity (Wildman–Crippen MR) is 54.4 cm³/mol. The van der Waals surface area contributed by atoms with Gasteiger partial charge in [0.25, 0.3) is 0 Å². The number of pyridine rings is 1. The van der Waals surface area contributed by atoms with Gasteiger partial charge in [0, 0.05) is 12.4 Å². The summed E-state index contributed by atoms with van der Waals surface area (Å²) in [7, 11) is 0. The van der Waals surface area contributed by atoms with Gasteiger partial charge in [-0.3, -0.25) is 0 Å². The number of nitrogens with zero attached hydrogens (tertiary/aromatic N) is 2. The van der Waals surface area contributed by atoms with Gasteiger partial charge in [0.1, 0.15) is 5.65 Å². The number of thiocarbonyl (C=S) groups is 1. The van der Waals surface area contributed by atoms with Crippen molar-refractivity contribution in [2.75, 3.05) is 0 Å². The Balaban J connectivity index is 0.000000980. The smallest absolute Gasteiger partial charge is 0.175 e. The zero-order valence-electron chi connectivity index (χ0n) is 7.48. The summed E-state index contributed by atoms with van der Waals surface area (Å²) < 4.78 is 1.98. The molecule has 0 saturated heterocycles. The molecule has 3 N–H and O–H groups in total. The van der Waals surface area contributed by atoms with E-state index in [1.165, 1.54) is 0 Å². The molecule has 0 aromatic carbocycles. The average Bonchev–Trinajstić information content (AvgIpc) is 2.44. The van der Waals surface area contributed by atoms with Crippen molar-refractivity contribution in [2.45, 2.75) is 6.42 Å². The summed E-state index contributed by atoms with van der Waals surface area (Å²) in [6, 6.07) is 5.91. The molecule has 74 valence electrons. The van der Waals surface area contributed by atoms with Crippen LogP contribution in [0.1, 0.15) is 5.69 Å². The number of aromatic nitrogens is 2. The van der Waals surface area contributed by atoms with Crippen molar-refractivity contribution in [1.82, 2.24) is 9.38 Å². The van der Waals surface area contributed by atoms with E-state index in [-0.39, 0.29) is 12.4 Å². The standard InChI is InChI=1S/C9H9N3S.ClH/c10-8(13)5-7-6-12-4-2-1-3-9(12)11-7;/h1-4,6H,5H2,(H2,10,13);1H. The van der Waals surface area contributed by atoms with Crippen LogP contribution in [0.3, 0.4) is 0 Å². The lowest BCUT2D eigenvalue weighted by Gasteiger charge is -1.86. The van der Waals surface area contributed by atoms with Crippen LogP contribution < -0.4 is 18.1 Å². The fourth-order valence-corrected chi connectivity index (χ4v) is 1.42. The van der Waals surface area contributed by atoms with Crippen molar-refractivity contribution >= 4 is 22.9 Å². The van der Waals surface area contributed by atoms with Gasteiger partial charge in [-0.05, 0) is 24.4 Å². The van der Waals surface area contributed by atoms with Crippen LogP contribution in [0.2, 0.25) is 0 Å². The van der Waals surface area contributed by atoms with Gasteiger partial charge in [0.05, 0.1) is 12.1 Å². The molecule has 2 heterocycles. The molecule has 0 aliphatic rings. The van der Waals surface area contributed by atoms with Crippen LogP contribution in [0, 0.1) is 0 Å². The molecule has 0 atom stereocenters. The third-order valence-corrected chi connectivity index (χ3v) is 1.94. The van der Waals surface area contributed by atoms with Crippen LogP contribution in [-0.4, -0.2) is 14.4 Å². The van der Waals surface area contributed by atoms with Gasteiger partial charge in [-0.25, -0.2) is 4.98 Å². The molecule has 0 aliphatic carbocycles. The summed E-state index contributed by atoms with van der Waals surface area (Å²) in [6.45, 7) is 0. The Kier molecular flexibility index (Phi) is 3.57. The maximum absolute atomic E-state index is 4.92. The van der Waals surface area contributed by atoms with Crippen LogP contribution in [-0.2, 0) is 6.42 Å². The molecule has 0 unspecified atom stereocenters. The minimum Gasteiger partial charge on any atom is -1.00 e. The number of imidazole rings is 1. The minimum atomic E-state index is 0. The molecule has 2 aromatic rings. The molecule has 0 bridgehead atoms. The molecule has 0 fully saturated rings. The molecule has 2 aromatic heterocycles. The highest BCUT2D eigenvalue weighted by atomic mass is 35.5. The fourth-order valence-electron chi connectivity index (χ4n) is 1.27. The van der Waals surface area contributed by atoms with Crippen LogP contribution in [0.25, 0.3) is 5.65 Å². The number of fused-ring (bicyclic) bond motifs is 1. The highest BCUT2D eigenvalue weighted by Gasteiger charge is 2.02. The van der Waals surface area contributed by atoms with Crippen molar-refractivity contribution in [1.29, 1.82) is 0 Å². The maximum atomic E-state index is 4.92. The number of quaternary nitrogens is 1. The van der Waals surface area contributed by atoms with Crippen LogP contribution >= 0.6 is 12.2 Å². The number of hydrogen-bond acceptors (Lipinski definition) is 2. The molecular weight excluding hydrogens is 218 g/mol. The Morgan fingerprint density at radius 2 is 2.29 bits per heavy atom. The minimum absolute atomic E-state index is 0. The highest BCUT2D eigenvalue weighted by Crippen LogP contribution is 2.04. The van der Waals surface area contributed by atoms with E-state index in [1.54, 1.807) is 0 Å². The van der Waals surface area contributed by atoms with Gasteiger partial charge < -0.3 is 22.5 Å². The van der Waals surface area contributed by atoms with E-state index in [0.717, 1.165) is 16.3 Å². The van der Waals surface area contributed by atoms with Crippen LogP contribution in [0.15, 0.2) is 30.6 Å². The molecule has 0 spiro atoms. The van der Waals surface area contributed by atoms with Crippen molar-refractivity contribution in [2.24, 2.45) is 0 Å². The Labute approximate surface area is 93.4 Å². The lowest BCUT2D eigenvalue weighted by Crippen LogP contribution is -3.00. The third kappa shape index (κ3) is 2.29. The lowest BCUT2D eigenvalue weighted by atomic mass is 10.3. The monoisotopic (exact) mass is 227 g/mol. The van der Waals surface area contributed by atoms with Gasteiger partial charge in [0.2, 0.25) is 0 Å². The van der Waals surface area contributed by atoms with Gasteiger partial charge in [-0.2, -0.15) is 0 Å². The largest absolute Gasteiger partial charge is 1.00 e. The quantitative estimate of drug-likeness (QED) is 0.575. The molecule has 0 amide bonds. The average molecular weight is 228 g/mol. The molecule has 5 heteroatoms. The molecule has 0 radical (unpaired) electrons. The summed E-state index contributed by atoms with van der Waals surface area (Å²) in [5.74, 6) is 0. The second kappa shape index (κ2) is 4.50. The van der Waals surface area contributed by atoms with E-state index in [1.807, 2.05) is 35.0 Å². The van der Waals surface area contributed by atoms with Crippen LogP contribution in [0.4, 0.5) is 0 Å². The molecule has 14 heavy (non-hydrogen) atoms. The second-order valence-electron chi connectivity index (χ2n) is 2.91. The third-order valence-electron chi connectivity index (χ3n) is 1.79. The van der Waals surface area contributed by atoms with Crippen molar-refractivity contribution in [3.8, 4) is 0 Å². The summed E-state index contributed by atoms with van der Waals surface area (Å²) in [5, 5.41) is 0. The van der Waals surface area contributed by atoms with Gasteiger partial charge in [-0.15, -0.1) is 0 Å². The molecule has 0 saturated carbocycles. The summed E-state index contributed by atoms with van der Waals surface area (Å²) >= 11 is 4.92. The van der Waals surface area contributed by atoms with Gasteiger partial charge >= 0.3 is 0 Å². The molecular formula is C9H10ClN3S. The number of rotatable bonds is 2. The fraction of sp³-hybridized carbons (Fsp3) is 0.111. The highest BCUT2D eigenvalue weighted by molar-refractivity contribution is 7.79. The SMILES string of the molecule is [Cl-].[NH3+]C(=S)Cc1cn2ccccc2n1. The lowest BCUT2D eigenvalue weighted by molar-refractivity contribution is -0.211.